The van der Waals surface area contributed by atoms with Gasteiger partial charge < -0.3 is 0 Å². The first kappa shape index (κ1) is 39.6. The van der Waals surface area contributed by atoms with E-state index in [0.717, 1.165) is 48.9 Å². The number of hydrogen-bond acceptors (Lipinski definition) is 8. The Bertz CT molecular complexity index is 2540. The fourth-order valence-electron chi connectivity index (χ4n) is 6.23. The van der Waals surface area contributed by atoms with Gasteiger partial charge in [-0.15, -0.1) is 0 Å². The molecular weight excluding hydrogens is 729 g/mol. The predicted octanol–water partition coefficient (Wildman–Crippen LogP) is 9.73. The minimum Gasteiger partial charge on any atom is -0.297 e. The Balaban J connectivity index is 1.25. The number of amides is 5. The zero-order valence-electron chi connectivity index (χ0n) is 31.5. The summed E-state index contributed by atoms with van der Waals surface area (Å²) in [4.78, 5) is 77.1. The average molecular weight is 765 g/mol. The number of isocyanates is 2. The molecule has 0 saturated heterocycles. The molecule has 0 N–H and O–H groups in total. The molecule has 0 radical (unpaired) electrons. The zero-order valence-corrected chi connectivity index (χ0v) is 31.5. The first-order chi connectivity index (χ1) is 28.3. The van der Waals surface area contributed by atoms with Crippen LogP contribution in [0.15, 0.2) is 167 Å². The van der Waals surface area contributed by atoms with Crippen molar-refractivity contribution in [3.63, 3.8) is 0 Å². The molecule has 0 aliphatic rings. The first-order valence-corrected chi connectivity index (χ1v) is 18.1. The number of nitrogens with zero attached hydrogens (tertiary/aromatic N) is 6. The Morgan fingerprint density at radius 3 is 1.17 bits per heavy atom. The topological polar surface area (TPSA) is 132 Å². The number of aliphatic imine (C=N–C) groups is 3. The van der Waals surface area contributed by atoms with Crippen molar-refractivity contribution in [1.82, 2.24) is 0 Å². The Labute approximate surface area is 335 Å². The number of benzene rings is 6. The van der Waals surface area contributed by atoms with Crippen molar-refractivity contribution < 1.29 is 24.0 Å². The number of rotatable bonds is 13. The van der Waals surface area contributed by atoms with Crippen LogP contribution < -0.4 is 14.7 Å². The second-order valence-corrected chi connectivity index (χ2v) is 13.1. The molecule has 11 heteroatoms. The van der Waals surface area contributed by atoms with E-state index >= 15 is 0 Å². The van der Waals surface area contributed by atoms with E-state index in [1.165, 1.54) is 17.1 Å². The van der Waals surface area contributed by atoms with Gasteiger partial charge in [0.25, 0.3) is 0 Å². The maximum atomic E-state index is 14.4. The van der Waals surface area contributed by atoms with Gasteiger partial charge >= 0.3 is 12.1 Å². The van der Waals surface area contributed by atoms with E-state index in [2.05, 4.69) is 27.4 Å². The SMILES string of the molecule is C=C=Nc1ccc(Cc2ccc(N(C)C(=O)N(C(=O)N(C=O)c3ccc(Cc4ccc(N=C=O)cc4)cc3)c3ccc(Cc4ccc(N=C=O)cc4)cc3)cc2)cc1. The number of carbonyl (C=O) groups excluding carboxylic acids is 5. The van der Waals surface area contributed by atoms with Gasteiger partial charge in [-0.05, 0) is 138 Å². The number of anilines is 3. The van der Waals surface area contributed by atoms with E-state index in [4.69, 9.17) is 0 Å². The quantitative estimate of drug-likeness (QED) is 0.0656. The largest absolute Gasteiger partial charge is 0.343 e. The summed E-state index contributed by atoms with van der Waals surface area (Å²) in [6.07, 6.45) is 5.19. The standard InChI is InChI=1S/C47H36N6O5/c1-3-48-40-16-4-34(5-17-40)28-37-10-22-43(23-11-37)51(2)46(57)53(45-26-14-39(15-27-45)30-36-8-20-42(21-9-36)50-32-55)47(58)52(33-56)44-24-12-38(13-25-44)29-35-6-18-41(19-7-35)49-31-54/h4-27,33H,1,28-30H2,2H3. The average Bonchev–Trinajstić information content (AvgIpc) is 3.25. The number of imide groups is 2. The summed E-state index contributed by atoms with van der Waals surface area (Å²) in [5.74, 6) is 2.53. The number of carbonyl (C=O) groups is 3. The highest BCUT2D eigenvalue weighted by Gasteiger charge is 2.32. The van der Waals surface area contributed by atoms with Gasteiger partial charge in [-0.3, -0.25) is 9.69 Å². The van der Waals surface area contributed by atoms with Gasteiger partial charge in [0.05, 0.1) is 28.4 Å². The minimum atomic E-state index is -0.870. The Hall–Kier alpha value is -8.06. The molecule has 0 aliphatic heterocycles. The molecule has 6 rings (SSSR count). The fourth-order valence-corrected chi connectivity index (χ4v) is 6.23. The van der Waals surface area contributed by atoms with Crippen molar-refractivity contribution in [1.29, 1.82) is 0 Å². The molecule has 6 aromatic rings. The molecule has 284 valence electrons. The van der Waals surface area contributed by atoms with Crippen LogP contribution in [-0.4, -0.2) is 43.5 Å². The van der Waals surface area contributed by atoms with Crippen molar-refractivity contribution in [2.75, 3.05) is 21.7 Å². The monoisotopic (exact) mass is 764 g/mol. The Morgan fingerprint density at radius 1 is 0.500 bits per heavy atom. The van der Waals surface area contributed by atoms with Gasteiger partial charge in [-0.2, -0.15) is 9.98 Å². The number of hydrogen-bond donors (Lipinski definition) is 0. The summed E-state index contributed by atoms with van der Waals surface area (Å²) in [7, 11) is 1.57. The molecule has 6 aromatic carbocycles. The van der Waals surface area contributed by atoms with Crippen LogP contribution in [0.5, 0.6) is 0 Å². The van der Waals surface area contributed by atoms with Crippen LogP contribution in [0.25, 0.3) is 0 Å². The van der Waals surface area contributed by atoms with Crippen LogP contribution in [0.2, 0.25) is 0 Å². The van der Waals surface area contributed by atoms with E-state index in [9.17, 15) is 24.0 Å². The molecule has 0 saturated carbocycles. The van der Waals surface area contributed by atoms with Crippen molar-refractivity contribution in [3.8, 4) is 0 Å². The maximum Gasteiger partial charge on any atom is 0.343 e. The van der Waals surface area contributed by atoms with E-state index in [0.29, 0.717) is 42.7 Å². The van der Waals surface area contributed by atoms with Crippen LogP contribution in [-0.2, 0) is 33.6 Å². The van der Waals surface area contributed by atoms with Crippen LogP contribution in [0, 0.1) is 0 Å². The van der Waals surface area contributed by atoms with Gasteiger partial charge in [-0.25, -0.2) is 34.0 Å². The highest BCUT2D eigenvalue weighted by atomic mass is 16.2. The summed E-state index contributed by atoms with van der Waals surface area (Å²) in [5, 5.41) is 0. The number of urea groups is 2. The zero-order chi connectivity index (χ0) is 40.9. The van der Waals surface area contributed by atoms with E-state index in [1.54, 1.807) is 79.8 Å². The van der Waals surface area contributed by atoms with Crippen LogP contribution in [0.4, 0.5) is 43.7 Å². The third-order valence-corrected chi connectivity index (χ3v) is 9.31. The van der Waals surface area contributed by atoms with Gasteiger partial charge in [0.2, 0.25) is 18.6 Å². The summed E-state index contributed by atoms with van der Waals surface area (Å²) in [6, 6.07) is 41.8. The van der Waals surface area contributed by atoms with Gasteiger partial charge in [0, 0.05) is 12.7 Å². The normalized spacial score (nSPS) is 10.2. The molecule has 0 aromatic heterocycles. The van der Waals surface area contributed by atoms with Crippen LogP contribution >= 0.6 is 0 Å². The summed E-state index contributed by atoms with van der Waals surface area (Å²) in [5.41, 5.74) is 8.65. The molecular formula is C47H36N6O5. The minimum absolute atomic E-state index is 0.257. The molecule has 0 fully saturated rings. The predicted molar refractivity (Wildman–Crippen MR) is 226 cm³/mol. The molecule has 5 amide bonds. The van der Waals surface area contributed by atoms with Crippen molar-refractivity contribution in [2.24, 2.45) is 15.0 Å². The summed E-state index contributed by atoms with van der Waals surface area (Å²) >= 11 is 0. The highest BCUT2D eigenvalue weighted by Crippen LogP contribution is 2.27. The lowest BCUT2D eigenvalue weighted by Gasteiger charge is -2.30. The highest BCUT2D eigenvalue weighted by molar-refractivity contribution is 6.26. The molecule has 0 atom stereocenters. The van der Waals surface area contributed by atoms with Gasteiger partial charge in [0.15, 0.2) is 0 Å². The molecule has 0 bridgehead atoms. The smallest absolute Gasteiger partial charge is 0.297 e. The fraction of sp³-hybridized carbons (Fsp3) is 0.0851. The molecule has 0 spiro atoms. The van der Waals surface area contributed by atoms with Crippen molar-refractivity contribution >= 4 is 70.6 Å². The lowest BCUT2D eigenvalue weighted by Crippen LogP contribution is -2.51. The maximum absolute atomic E-state index is 14.4. The van der Waals surface area contributed by atoms with Gasteiger partial charge in [-0.1, -0.05) is 72.8 Å². The Kier molecular flexibility index (Phi) is 13.0. The van der Waals surface area contributed by atoms with E-state index in [1.807, 2.05) is 72.8 Å². The lowest BCUT2D eigenvalue weighted by molar-refractivity contribution is -0.106. The summed E-state index contributed by atoms with van der Waals surface area (Å²) in [6.45, 7) is 3.51. The molecule has 11 nitrogen and oxygen atoms in total. The molecule has 0 aliphatic carbocycles. The summed E-state index contributed by atoms with van der Waals surface area (Å²) < 4.78 is 0. The second kappa shape index (κ2) is 19.0. The molecule has 0 unspecified atom stereocenters. The second-order valence-electron chi connectivity index (χ2n) is 13.1. The van der Waals surface area contributed by atoms with E-state index in [-0.39, 0.29) is 11.4 Å². The van der Waals surface area contributed by atoms with Crippen molar-refractivity contribution in [3.05, 3.63) is 186 Å². The van der Waals surface area contributed by atoms with Crippen LogP contribution in [0.3, 0.4) is 0 Å². The van der Waals surface area contributed by atoms with Gasteiger partial charge in [0.1, 0.15) is 0 Å². The lowest BCUT2D eigenvalue weighted by atomic mass is 10.0. The Morgan fingerprint density at radius 2 is 0.828 bits per heavy atom. The first-order valence-electron chi connectivity index (χ1n) is 18.1. The van der Waals surface area contributed by atoms with E-state index < -0.39 is 12.1 Å². The molecule has 58 heavy (non-hydrogen) atoms. The third-order valence-electron chi connectivity index (χ3n) is 9.31. The molecule has 0 heterocycles. The third kappa shape index (κ3) is 9.97. The van der Waals surface area contributed by atoms with Crippen molar-refractivity contribution in [2.45, 2.75) is 19.3 Å². The van der Waals surface area contributed by atoms with Crippen LogP contribution in [0.1, 0.15) is 33.4 Å².